The van der Waals surface area contributed by atoms with Gasteiger partial charge in [0.1, 0.15) is 17.5 Å². The number of anilines is 1. The topological polar surface area (TPSA) is 151 Å². The summed E-state index contributed by atoms with van der Waals surface area (Å²) < 4.78 is 20.2. The molecule has 0 aromatic heterocycles. The van der Waals surface area contributed by atoms with E-state index in [-0.39, 0.29) is 55.8 Å². The third kappa shape index (κ3) is 5.33. The van der Waals surface area contributed by atoms with Gasteiger partial charge >= 0.3 is 6.09 Å². The van der Waals surface area contributed by atoms with Crippen LogP contribution in [0.5, 0.6) is 0 Å². The molecule has 1 atom stereocenters. The molecule has 0 aliphatic carbocycles. The maximum absolute atomic E-state index is 15.0. The second kappa shape index (κ2) is 9.75. The molecule has 0 bridgehead atoms. The largest absolute Gasteiger partial charge is 0.444 e. The van der Waals surface area contributed by atoms with Gasteiger partial charge in [-0.1, -0.05) is 0 Å². The number of hydrogen-bond donors (Lipinski definition) is 3. The van der Waals surface area contributed by atoms with Crippen molar-refractivity contribution in [2.24, 2.45) is 5.73 Å². The average Bonchev–Trinajstić information content (AvgIpc) is 2.95. The Hall–Kier alpha value is -3.54. The molecule has 1 aromatic carbocycles. The van der Waals surface area contributed by atoms with E-state index in [4.69, 9.17) is 10.5 Å². The van der Waals surface area contributed by atoms with Crippen molar-refractivity contribution in [3.63, 3.8) is 0 Å². The van der Waals surface area contributed by atoms with Gasteiger partial charge in [0.15, 0.2) is 0 Å². The van der Waals surface area contributed by atoms with Gasteiger partial charge in [-0.25, -0.2) is 9.18 Å². The summed E-state index contributed by atoms with van der Waals surface area (Å²) in [7, 11) is 0. The SMILES string of the molecule is CC(C)(C)OC(=O)NCCN(CCN)c1cc2c(cc1F)C(=O)N(C1CCC(=O)NC1=O)C2=O. The van der Waals surface area contributed by atoms with E-state index >= 15 is 4.39 Å². The molecular weight excluding hydrogens is 449 g/mol. The first-order valence-electron chi connectivity index (χ1n) is 10.9. The number of rotatable bonds is 7. The van der Waals surface area contributed by atoms with E-state index in [0.29, 0.717) is 0 Å². The predicted octanol–water partition coefficient (Wildman–Crippen LogP) is 0.517. The van der Waals surface area contributed by atoms with E-state index < -0.39 is 47.2 Å². The van der Waals surface area contributed by atoms with Crippen LogP contribution in [0.4, 0.5) is 14.9 Å². The predicted molar refractivity (Wildman–Crippen MR) is 119 cm³/mol. The number of piperidine rings is 1. The quantitative estimate of drug-likeness (QED) is 0.481. The van der Waals surface area contributed by atoms with Crippen molar-refractivity contribution in [2.75, 3.05) is 31.1 Å². The first-order valence-corrected chi connectivity index (χ1v) is 10.9. The maximum atomic E-state index is 15.0. The van der Waals surface area contributed by atoms with Crippen LogP contribution < -0.4 is 21.3 Å². The lowest BCUT2D eigenvalue weighted by Crippen LogP contribution is -2.54. The van der Waals surface area contributed by atoms with Gasteiger partial charge in [0.25, 0.3) is 11.8 Å². The summed E-state index contributed by atoms with van der Waals surface area (Å²) in [5, 5.41) is 4.69. The number of imide groups is 2. The fraction of sp³-hybridized carbons (Fsp3) is 0.500. The molecule has 1 fully saturated rings. The second-order valence-corrected chi connectivity index (χ2v) is 9.00. The van der Waals surface area contributed by atoms with Gasteiger partial charge in [-0.05, 0) is 39.3 Å². The molecule has 12 heteroatoms. The van der Waals surface area contributed by atoms with Crippen molar-refractivity contribution < 1.29 is 33.1 Å². The lowest BCUT2D eigenvalue weighted by molar-refractivity contribution is -0.136. The molecule has 0 saturated carbocycles. The Kier molecular flexibility index (Phi) is 7.20. The third-order valence-corrected chi connectivity index (χ3v) is 5.30. The van der Waals surface area contributed by atoms with E-state index in [1.54, 1.807) is 25.7 Å². The smallest absolute Gasteiger partial charge is 0.407 e. The highest BCUT2D eigenvalue weighted by atomic mass is 19.1. The zero-order valence-corrected chi connectivity index (χ0v) is 19.3. The van der Waals surface area contributed by atoms with Crippen molar-refractivity contribution >= 4 is 35.4 Å². The van der Waals surface area contributed by atoms with Gasteiger partial charge in [-0.15, -0.1) is 0 Å². The Bertz CT molecular complexity index is 1040. The van der Waals surface area contributed by atoms with Crippen LogP contribution in [0.3, 0.4) is 0 Å². The minimum atomic E-state index is -1.14. The first kappa shape index (κ1) is 25.1. The summed E-state index contributed by atoms with van der Waals surface area (Å²) in [5.41, 5.74) is 4.81. The van der Waals surface area contributed by atoms with Crippen LogP contribution in [0.25, 0.3) is 0 Å². The Morgan fingerprint density at radius 3 is 2.44 bits per heavy atom. The second-order valence-electron chi connectivity index (χ2n) is 9.00. The van der Waals surface area contributed by atoms with Gasteiger partial charge < -0.3 is 20.7 Å². The number of benzene rings is 1. The molecule has 11 nitrogen and oxygen atoms in total. The number of hydrogen-bond acceptors (Lipinski definition) is 8. The number of nitrogens with one attached hydrogen (secondary N) is 2. The van der Waals surface area contributed by atoms with Gasteiger partial charge in [0.05, 0.1) is 16.8 Å². The Labute approximate surface area is 195 Å². The van der Waals surface area contributed by atoms with Crippen LogP contribution in [0.2, 0.25) is 0 Å². The molecule has 1 aromatic rings. The normalized spacial score (nSPS) is 18.0. The minimum absolute atomic E-state index is 0.00110. The molecule has 2 aliphatic rings. The minimum Gasteiger partial charge on any atom is -0.444 e. The highest BCUT2D eigenvalue weighted by molar-refractivity contribution is 6.23. The lowest BCUT2D eigenvalue weighted by Gasteiger charge is -2.27. The standard InChI is InChI=1S/C22H28FN5O6/c1-22(2,3)34-21(33)25-7-9-27(8-6-24)16-11-13-12(10-14(16)23)19(31)28(20(13)32)15-4-5-17(29)26-18(15)30/h10-11,15H,4-9,24H2,1-3H3,(H,25,33)(H,26,29,30). The molecule has 184 valence electrons. The van der Waals surface area contributed by atoms with Gasteiger partial charge in [-0.2, -0.15) is 0 Å². The number of carbonyl (C=O) groups excluding carboxylic acids is 5. The van der Waals surface area contributed by atoms with Crippen molar-refractivity contribution in [1.82, 2.24) is 15.5 Å². The molecule has 4 N–H and O–H groups in total. The molecule has 3 rings (SSSR count). The lowest BCUT2D eigenvalue weighted by atomic mass is 10.0. The van der Waals surface area contributed by atoms with Crippen molar-refractivity contribution in [3.05, 3.63) is 29.1 Å². The van der Waals surface area contributed by atoms with E-state index in [1.807, 2.05) is 0 Å². The molecule has 0 spiro atoms. The van der Waals surface area contributed by atoms with Crippen molar-refractivity contribution in [1.29, 1.82) is 0 Å². The Morgan fingerprint density at radius 1 is 1.21 bits per heavy atom. The summed E-state index contributed by atoms with van der Waals surface area (Å²) >= 11 is 0. The van der Waals surface area contributed by atoms with Gasteiger partial charge in [0, 0.05) is 32.6 Å². The number of nitrogens with zero attached hydrogens (tertiary/aromatic N) is 2. The number of halogens is 1. The summed E-state index contributed by atoms with van der Waals surface area (Å²) in [5.74, 6) is -3.52. The van der Waals surface area contributed by atoms with Gasteiger partial charge in [-0.3, -0.25) is 29.4 Å². The number of ether oxygens (including phenoxy) is 1. The van der Waals surface area contributed by atoms with E-state index in [9.17, 15) is 24.0 Å². The maximum Gasteiger partial charge on any atom is 0.407 e. The highest BCUT2D eigenvalue weighted by Crippen LogP contribution is 2.32. The molecule has 1 unspecified atom stereocenters. The molecule has 34 heavy (non-hydrogen) atoms. The molecule has 0 radical (unpaired) electrons. The average molecular weight is 477 g/mol. The van der Waals surface area contributed by atoms with Crippen molar-refractivity contribution in [2.45, 2.75) is 45.3 Å². The zero-order chi connectivity index (χ0) is 25.2. The van der Waals surface area contributed by atoms with E-state index in [0.717, 1.165) is 11.0 Å². The van der Waals surface area contributed by atoms with Crippen LogP contribution in [0, 0.1) is 5.82 Å². The zero-order valence-electron chi connectivity index (χ0n) is 19.3. The van der Waals surface area contributed by atoms with E-state index in [2.05, 4.69) is 10.6 Å². The first-order chi connectivity index (χ1) is 15.9. The number of nitrogens with two attached hydrogens (primary N) is 1. The van der Waals surface area contributed by atoms with Crippen LogP contribution in [0.15, 0.2) is 12.1 Å². The molecule has 5 amide bonds. The fourth-order valence-corrected chi connectivity index (χ4v) is 3.84. The summed E-state index contributed by atoms with van der Waals surface area (Å²) in [6, 6.07) is 1.07. The third-order valence-electron chi connectivity index (χ3n) is 5.30. The number of alkyl carbamates (subject to hydrolysis) is 1. The summed E-state index contributed by atoms with van der Waals surface area (Å²) in [6.45, 7) is 5.83. The summed E-state index contributed by atoms with van der Waals surface area (Å²) in [4.78, 5) is 63.7. The highest BCUT2D eigenvalue weighted by Gasteiger charge is 2.45. The van der Waals surface area contributed by atoms with E-state index in [1.165, 1.54) is 6.07 Å². The van der Waals surface area contributed by atoms with Crippen LogP contribution in [0.1, 0.15) is 54.3 Å². The Balaban J connectivity index is 1.79. The molecule has 2 heterocycles. The van der Waals surface area contributed by atoms with Crippen LogP contribution in [-0.4, -0.2) is 72.4 Å². The molecular formula is C22H28FN5O6. The number of carbonyl (C=O) groups is 5. The number of amides is 5. The monoisotopic (exact) mass is 477 g/mol. The number of fused-ring (bicyclic) bond motifs is 1. The van der Waals surface area contributed by atoms with Crippen LogP contribution >= 0.6 is 0 Å². The van der Waals surface area contributed by atoms with Crippen molar-refractivity contribution in [3.8, 4) is 0 Å². The molecule has 1 saturated heterocycles. The van der Waals surface area contributed by atoms with Crippen LogP contribution in [-0.2, 0) is 14.3 Å². The Morgan fingerprint density at radius 2 is 1.85 bits per heavy atom. The van der Waals surface area contributed by atoms with Gasteiger partial charge in [0.2, 0.25) is 11.8 Å². The fourth-order valence-electron chi connectivity index (χ4n) is 3.84. The molecule has 2 aliphatic heterocycles. The summed E-state index contributed by atoms with van der Waals surface area (Å²) in [6.07, 6.45) is -0.644.